The van der Waals surface area contributed by atoms with Crippen molar-refractivity contribution in [2.45, 2.75) is 26.0 Å². The fraction of sp³-hybridized carbons (Fsp3) is 0.368. The van der Waals surface area contributed by atoms with E-state index in [4.69, 9.17) is 0 Å². The number of aliphatic hydroxyl groups is 1. The van der Waals surface area contributed by atoms with Crippen LogP contribution < -0.4 is 0 Å². The number of rotatable bonds is 7. The lowest BCUT2D eigenvalue weighted by atomic mass is 10.1. The molecular weight excluding hydrogens is 374 g/mol. The molecule has 3 rings (SSSR count). The summed E-state index contributed by atoms with van der Waals surface area (Å²) in [5.74, 6) is -0.845. The number of aliphatic hydroxyl groups excluding tert-OH is 1. The van der Waals surface area contributed by atoms with E-state index in [0.29, 0.717) is 34.8 Å². The standard InChI is InChI=1S/C19H22F2N2O3S/c1-3-8-22(27(2,25)26)11-15(24)12-23-18-7-5-13(20)9-17(18)16-6-4-14(21)10-19(16)23/h4-7,9-10,15,24H,3,8,11-12H2,1-2H3. The van der Waals surface area contributed by atoms with Crippen molar-refractivity contribution in [3.63, 3.8) is 0 Å². The number of aromatic nitrogens is 1. The van der Waals surface area contributed by atoms with Crippen molar-refractivity contribution in [3.8, 4) is 0 Å². The van der Waals surface area contributed by atoms with Crippen LogP contribution in [-0.4, -0.2) is 47.8 Å². The summed E-state index contributed by atoms with van der Waals surface area (Å²) in [5, 5.41) is 11.8. The largest absolute Gasteiger partial charge is 0.390 e. The average Bonchev–Trinajstić information content (AvgIpc) is 2.86. The Labute approximate surface area is 156 Å². The van der Waals surface area contributed by atoms with Crippen molar-refractivity contribution in [2.24, 2.45) is 0 Å². The molecule has 0 aliphatic rings. The third-order valence-corrected chi connectivity index (χ3v) is 5.81. The first-order valence-electron chi connectivity index (χ1n) is 8.71. The lowest BCUT2D eigenvalue weighted by Gasteiger charge is -2.23. The molecule has 27 heavy (non-hydrogen) atoms. The quantitative estimate of drug-likeness (QED) is 0.668. The summed E-state index contributed by atoms with van der Waals surface area (Å²) in [7, 11) is -3.44. The van der Waals surface area contributed by atoms with E-state index in [1.165, 1.54) is 28.6 Å². The maximum Gasteiger partial charge on any atom is 0.211 e. The summed E-state index contributed by atoms with van der Waals surface area (Å²) in [6.45, 7) is 2.16. The van der Waals surface area contributed by atoms with Crippen LogP contribution in [0, 0.1) is 11.6 Å². The van der Waals surface area contributed by atoms with E-state index in [2.05, 4.69) is 0 Å². The molecule has 0 bridgehead atoms. The van der Waals surface area contributed by atoms with Crippen LogP contribution in [0.5, 0.6) is 0 Å². The van der Waals surface area contributed by atoms with Gasteiger partial charge in [-0.1, -0.05) is 6.92 Å². The molecule has 1 atom stereocenters. The molecule has 0 aliphatic heterocycles. The van der Waals surface area contributed by atoms with Crippen LogP contribution in [0.15, 0.2) is 36.4 Å². The molecule has 1 unspecified atom stereocenters. The lowest BCUT2D eigenvalue weighted by Crippen LogP contribution is -2.38. The van der Waals surface area contributed by atoms with Crippen LogP contribution in [0.1, 0.15) is 13.3 Å². The predicted octanol–water partition coefficient (Wildman–Crippen LogP) is 3.11. The predicted molar refractivity (Wildman–Crippen MR) is 102 cm³/mol. The molecule has 8 heteroatoms. The Bertz CT molecular complexity index is 1080. The van der Waals surface area contributed by atoms with Gasteiger partial charge in [0.15, 0.2) is 0 Å². The zero-order chi connectivity index (χ0) is 19.8. The molecule has 0 amide bonds. The second-order valence-electron chi connectivity index (χ2n) is 6.71. The van der Waals surface area contributed by atoms with E-state index >= 15 is 0 Å². The van der Waals surface area contributed by atoms with Crippen molar-refractivity contribution >= 4 is 31.8 Å². The van der Waals surface area contributed by atoms with E-state index in [1.54, 1.807) is 16.7 Å². The minimum atomic E-state index is -3.44. The highest BCUT2D eigenvalue weighted by Crippen LogP contribution is 2.30. The molecule has 0 radical (unpaired) electrons. The lowest BCUT2D eigenvalue weighted by molar-refractivity contribution is 0.130. The molecule has 2 aromatic carbocycles. The number of halogens is 2. The van der Waals surface area contributed by atoms with Gasteiger partial charge in [0.1, 0.15) is 11.6 Å². The summed E-state index contributed by atoms with van der Waals surface area (Å²) in [4.78, 5) is 0. The average molecular weight is 396 g/mol. The van der Waals surface area contributed by atoms with Gasteiger partial charge in [-0.3, -0.25) is 0 Å². The molecule has 1 aromatic heterocycles. The fourth-order valence-electron chi connectivity index (χ4n) is 3.39. The fourth-order valence-corrected chi connectivity index (χ4v) is 4.34. The highest BCUT2D eigenvalue weighted by molar-refractivity contribution is 7.88. The van der Waals surface area contributed by atoms with Crippen LogP contribution in [0.3, 0.4) is 0 Å². The summed E-state index contributed by atoms with van der Waals surface area (Å²) < 4.78 is 54.2. The first-order chi connectivity index (χ1) is 12.7. The van der Waals surface area contributed by atoms with Gasteiger partial charge in [-0.25, -0.2) is 17.2 Å². The molecule has 0 fully saturated rings. The van der Waals surface area contributed by atoms with Gasteiger partial charge in [-0.15, -0.1) is 0 Å². The van der Waals surface area contributed by atoms with Gasteiger partial charge in [0.05, 0.1) is 24.4 Å². The Morgan fingerprint density at radius 1 is 1.07 bits per heavy atom. The number of benzene rings is 2. The van der Waals surface area contributed by atoms with Crippen molar-refractivity contribution in [1.29, 1.82) is 0 Å². The molecule has 146 valence electrons. The van der Waals surface area contributed by atoms with Gasteiger partial charge in [0.2, 0.25) is 10.0 Å². The Morgan fingerprint density at radius 3 is 2.41 bits per heavy atom. The molecule has 0 spiro atoms. The molecule has 3 aromatic rings. The van der Waals surface area contributed by atoms with E-state index in [0.717, 1.165) is 6.26 Å². The maximum absolute atomic E-state index is 13.8. The molecule has 5 nitrogen and oxygen atoms in total. The topological polar surface area (TPSA) is 62.5 Å². The van der Waals surface area contributed by atoms with Gasteiger partial charge < -0.3 is 9.67 Å². The van der Waals surface area contributed by atoms with Crippen molar-refractivity contribution in [1.82, 2.24) is 8.87 Å². The van der Waals surface area contributed by atoms with E-state index in [9.17, 15) is 22.3 Å². The molecule has 0 aliphatic carbocycles. The van der Waals surface area contributed by atoms with Crippen molar-refractivity contribution < 1.29 is 22.3 Å². The zero-order valence-electron chi connectivity index (χ0n) is 15.2. The van der Waals surface area contributed by atoms with Crippen molar-refractivity contribution in [2.75, 3.05) is 19.3 Å². The second kappa shape index (κ2) is 7.53. The van der Waals surface area contributed by atoms with E-state index < -0.39 is 27.8 Å². The van der Waals surface area contributed by atoms with Crippen LogP contribution in [0.4, 0.5) is 8.78 Å². The van der Waals surface area contributed by atoms with Gasteiger partial charge in [-0.2, -0.15) is 4.31 Å². The third kappa shape index (κ3) is 4.12. The number of hydrogen-bond donors (Lipinski definition) is 1. The highest BCUT2D eigenvalue weighted by Gasteiger charge is 2.21. The SMILES string of the molecule is CCCN(CC(O)Cn1c2ccc(F)cc2c2ccc(F)cc21)S(C)(=O)=O. The number of nitrogens with zero attached hydrogens (tertiary/aromatic N) is 2. The van der Waals surface area contributed by atoms with Gasteiger partial charge >= 0.3 is 0 Å². The van der Waals surface area contributed by atoms with Crippen LogP contribution >= 0.6 is 0 Å². The molecule has 1 heterocycles. The first-order valence-corrected chi connectivity index (χ1v) is 10.6. The molecule has 0 saturated heterocycles. The number of hydrogen-bond acceptors (Lipinski definition) is 3. The summed E-state index contributed by atoms with van der Waals surface area (Å²) in [6.07, 6.45) is 0.728. The summed E-state index contributed by atoms with van der Waals surface area (Å²) in [5.41, 5.74) is 1.17. The molecular formula is C19H22F2N2O3S. The van der Waals surface area contributed by atoms with Crippen LogP contribution in [-0.2, 0) is 16.6 Å². The minimum Gasteiger partial charge on any atom is -0.390 e. The third-order valence-electron chi connectivity index (χ3n) is 4.54. The molecule has 1 N–H and O–H groups in total. The van der Waals surface area contributed by atoms with Crippen LogP contribution in [0.25, 0.3) is 21.8 Å². The van der Waals surface area contributed by atoms with Crippen molar-refractivity contribution in [3.05, 3.63) is 48.0 Å². The summed E-state index contributed by atoms with van der Waals surface area (Å²) in [6, 6.07) is 8.48. The van der Waals surface area contributed by atoms with E-state index in [1.807, 2.05) is 6.92 Å². The highest BCUT2D eigenvalue weighted by atomic mass is 32.2. The van der Waals surface area contributed by atoms with Gasteiger partial charge in [0.25, 0.3) is 0 Å². The van der Waals surface area contributed by atoms with Crippen LogP contribution in [0.2, 0.25) is 0 Å². The number of sulfonamides is 1. The molecule has 0 saturated carbocycles. The van der Waals surface area contributed by atoms with Gasteiger partial charge in [-0.05, 0) is 42.8 Å². The smallest absolute Gasteiger partial charge is 0.211 e. The Kier molecular flexibility index (Phi) is 5.50. The van der Waals surface area contributed by atoms with Gasteiger partial charge in [0, 0.05) is 29.4 Å². The zero-order valence-corrected chi connectivity index (χ0v) is 16.0. The second-order valence-corrected chi connectivity index (χ2v) is 8.69. The van der Waals surface area contributed by atoms with E-state index in [-0.39, 0.29) is 13.1 Å². The Hall–Kier alpha value is -2.03. The Morgan fingerprint density at radius 2 is 1.74 bits per heavy atom. The monoisotopic (exact) mass is 396 g/mol. The normalized spacial score (nSPS) is 13.7. The number of fused-ring (bicyclic) bond motifs is 3. The summed E-state index contributed by atoms with van der Waals surface area (Å²) >= 11 is 0. The minimum absolute atomic E-state index is 0.0603. The first kappa shape index (κ1) is 19.7. The Balaban J connectivity index is 2.01. The maximum atomic E-state index is 13.8.